The second kappa shape index (κ2) is 6.65. The maximum absolute atomic E-state index is 11.1. The second-order valence-electron chi connectivity index (χ2n) is 5.53. The molecular weight excluding hydrogens is 256 g/mol. The van der Waals surface area contributed by atoms with Crippen LogP contribution < -0.4 is 10.2 Å². The van der Waals surface area contributed by atoms with E-state index >= 15 is 0 Å². The fourth-order valence-corrected chi connectivity index (χ4v) is 2.36. The maximum atomic E-state index is 11.1. The highest BCUT2D eigenvalue weighted by molar-refractivity contribution is 5.73. The van der Waals surface area contributed by atoms with Crippen molar-refractivity contribution in [1.29, 1.82) is 0 Å². The third-order valence-electron chi connectivity index (χ3n) is 3.54. The number of carbonyl (C=O) groups is 1. The molecular formula is C14H22N4O2. The van der Waals surface area contributed by atoms with E-state index in [4.69, 9.17) is 5.11 Å². The number of carboxylic acids is 1. The molecule has 1 aromatic heterocycles. The highest BCUT2D eigenvalue weighted by Gasteiger charge is 2.20. The Bertz CT molecular complexity index is 441. The zero-order chi connectivity index (χ0) is 14.5. The number of aromatic nitrogens is 2. The minimum absolute atomic E-state index is 0.0392. The first-order valence-electron chi connectivity index (χ1n) is 7.10. The summed E-state index contributed by atoms with van der Waals surface area (Å²) in [6, 6.07) is -0.548. The third kappa shape index (κ3) is 3.66. The quantitative estimate of drug-likeness (QED) is 0.816. The van der Waals surface area contributed by atoms with Crippen LogP contribution in [0.25, 0.3) is 0 Å². The molecule has 110 valence electrons. The highest BCUT2D eigenvalue weighted by atomic mass is 16.4. The summed E-state index contributed by atoms with van der Waals surface area (Å²) >= 11 is 0. The number of aliphatic carboxylic acids is 1. The van der Waals surface area contributed by atoms with E-state index in [-0.39, 0.29) is 5.92 Å². The monoisotopic (exact) mass is 278 g/mol. The molecule has 0 amide bonds. The predicted molar refractivity (Wildman–Crippen MR) is 76.6 cm³/mol. The van der Waals surface area contributed by atoms with Crippen molar-refractivity contribution in [2.45, 2.75) is 39.3 Å². The van der Waals surface area contributed by atoms with Gasteiger partial charge in [-0.05, 0) is 18.8 Å². The first-order chi connectivity index (χ1) is 9.58. The van der Waals surface area contributed by atoms with Gasteiger partial charge < -0.3 is 10.0 Å². The lowest BCUT2D eigenvalue weighted by Crippen LogP contribution is -2.40. The van der Waals surface area contributed by atoms with E-state index in [1.165, 1.54) is 12.8 Å². The van der Waals surface area contributed by atoms with Crippen LogP contribution in [0.15, 0.2) is 12.4 Å². The normalized spacial score (nSPS) is 16.6. The van der Waals surface area contributed by atoms with E-state index in [9.17, 15) is 4.79 Å². The molecule has 2 N–H and O–H groups in total. The molecule has 6 heteroatoms. The molecule has 0 spiro atoms. The number of carboxylic acid groups (broad SMARTS) is 1. The molecule has 0 aromatic carbocycles. The van der Waals surface area contributed by atoms with E-state index in [1.807, 2.05) is 13.8 Å². The maximum Gasteiger partial charge on any atom is 0.320 e. The molecule has 6 nitrogen and oxygen atoms in total. The van der Waals surface area contributed by atoms with Crippen molar-refractivity contribution in [2.24, 2.45) is 5.92 Å². The standard InChI is InChI=1S/C14H22N4O2/c1-10(2)12(13(19)20)15-7-11-8-16-14(17-9-11)18-5-3-4-6-18/h8-10,12,15H,3-7H2,1-2H3,(H,19,20)/t12-/m0/s1. The van der Waals surface area contributed by atoms with Crippen LogP contribution in [-0.2, 0) is 11.3 Å². The molecule has 0 unspecified atom stereocenters. The summed E-state index contributed by atoms with van der Waals surface area (Å²) in [5, 5.41) is 12.1. The molecule has 1 aromatic rings. The number of hydrogen-bond acceptors (Lipinski definition) is 5. The Kier molecular flexibility index (Phi) is 4.89. The van der Waals surface area contributed by atoms with Gasteiger partial charge in [0.15, 0.2) is 0 Å². The number of rotatable bonds is 6. The van der Waals surface area contributed by atoms with Crippen LogP contribution in [0.1, 0.15) is 32.3 Å². The van der Waals surface area contributed by atoms with Crippen LogP contribution in [0.2, 0.25) is 0 Å². The van der Waals surface area contributed by atoms with Crippen molar-refractivity contribution in [3.05, 3.63) is 18.0 Å². The first-order valence-corrected chi connectivity index (χ1v) is 7.10. The minimum atomic E-state index is -0.824. The van der Waals surface area contributed by atoms with E-state index in [2.05, 4.69) is 20.2 Å². The number of anilines is 1. The van der Waals surface area contributed by atoms with Crippen LogP contribution in [0, 0.1) is 5.92 Å². The van der Waals surface area contributed by atoms with Crippen LogP contribution >= 0.6 is 0 Å². The lowest BCUT2D eigenvalue weighted by Gasteiger charge is -2.18. The van der Waals surface area contributed by atoms with Crippen molar-refractivity contribution in [1.82, 2.24) is 15.3 Å². The van der Waals surface area contributed by atoms with Crippen molar-refractivity contribution in [3.63, 3.8) is 0 Å². The summed E-state index contributed by atoms with van der Waals surface area (Å²) in [6.07, 6.45) is 5.93. The summed E-state index contributed by atoms with van der Waals surface area (Å²) in [5.41, 5.74) is 0.903. The fourth-order valence-electron chi connectivity index (χ4n) is 2.36. The number of hydrogen-bond donors (Lipinski definition) is 2. The molecule has 1 aliphatic heterocycles. The van der Waals surface area contributed by atoms with Gasteiger partial charge in [0, 0.05) is 37.6 Å². The summed E-state index contributed by atoms with van der Waals surface area (Å²) in [5.74, 6) is -0.0169. The van der Waals surface area contributed by atoms with Gasteiger partial charge in [-0.1, -0.05) is 13.8 Å². The molecule has 2 heterocycles. The zero-order valence-electron chi connectivity index (χ0n) is 12.0. The molecule has 2 rings (SSSR count). The zero-order valence-corrected chi connectivity index (χ0v) is 12.0. The van der Waals surface area contributed by atoms with E-state index in [0.717, 1.165) is 24.6 Å². The predicted octanol–water partition coefficient (Wildman–Crippen LogP) is 1.28. The Labute approximate surface area is 119 Å². The minimum Gasteiger partial charge on any atom is -0.480 e. The van der Waals surface area contributed by atoms with Gasteiger partial charge in [-0.15, -0.1) is 0 Å². The average molecular weight is 278 g/mol. The summed E-state index contributed by atoms with van der Waals surface area (Å²) in [6.45, 7) is 6.28. The van der Waals surface area contributed by atoms with Gasteiger partial charge in [-0.2, -0.15) is 0 Å². The molecule has 0 radical (unpaired) electrons. The van der Waals surface area contributed by atoms with Crippen molar-refractivity contribution in [2.75, 3.05) is 18.0 Å². The summed E-state index contributed by atoms with van der Waals surface area (Å²) in [7, 11) is 0. The van der Waals surface area contributed by atoms with Crippen LogP contribution in [-0.4, -0.2) is 40.2 Å². The molecule has 1 aliphatic rings. The largest absolute Gasteiger partial charge is 0.480 e. The van der Waals surface area contributed by atoms with Gasteiger partial charge in [-0.3, -0.25) is 10.1 Å². The van der Waals surface area contributed by atoms with Gasteiger partial charge in [-0.25, -0.2) is 9.97 Å². The van der Waals surface area contributed by atoms with Crippen molar-refractivity contribution >= 4 is 11.9 Å². The SMILES string of the molecule is CC(C)[C@H](NCc1cnc(N2CCCC2)nc1)C(=O)O. The third-order valence-corrected chi connectivity index (χ3v) is 3.54. The van der Waals surface area contributed by atoms with Gasteiger partial charge in [0.05, 0.1) is 0 Å². The Balaban J connectivity index is 1.91. The van der Waals surface area contributed by atoms with Gasteiger partial charge in [0.25, 0.3) is 0 Å². The van der Waals surface area contributed by atoms with Gasteiger partial charge in [0.1, 0.15) is 6.04 Å². The smallest absolute Gasteiger partial charge is 0.320 e. The lowest BCUT2D eigenvalue weighted by atomic mass is 10.0. The van der Waals surface area contributed by atoms with Crippen molar-refractivity contribution < 1.29 is 9.90 Å². The Hall–Kier alpha value is -1.69. The molecule has 0 aliphatic carbocycles. The number of nitrogens with one attached hydrogen (secondary N) is 1. The van der Waals surface area contributed by atoms with E-state index < -0.39 is 12.0 Å². The first kappa shape index (κ1) is 14.7. The highest BCUT2D eigenvalue weighted by Crippen LogP contribution is 2.14. The Morgan fingerprint density at radius 3 is 2.45 bits per heavy atom. The molecule has 20 heavy (non-hydrogen) atoms. The van der Waals surface area contributed by atoms with E-state index in [1.54, 1.807) is 12.4 Å². The van der Waals surface area contributed by atoms with Gasteiger partial charge >= 0.3 is 5.97 Å². The van der Waals surface area contributed by atoms with Crippen molar-refractivity contribution in [3.8, 4) is 0 Å². The summed E-state index contributed by atoms with van der Waals surface area (Å²) in [4.78, 5) is 22.0. The molecule has 1 atom stereocenters. The van der Waals surface area contributed by atoms with Crippen LogP contribution in [0.5, 0.6) is 0 Å². The second-order valence-corrected chi connectivity index (χ2v) is 5.53. The van der Waals surface area contributed by atoms with E-state index in [0.29, 0.717) is 6.54 Å². The Morgan fingerprint density at radius 1 is 1.35 bits per heavy atom. The average Bonchev–Trinajstić information content (AvgIpc) is 2.92. The molecule has 1 fully saturated rings. The fraction of sp³-hybridized carbons (Fsp3) is 0.643. The Morgan fingerprint density at radius 2 is 1.95 bits per heavy atom. The molecule has 0 bridgehead atoms. The topological polar surface area (TPSA) is 78.4 Å². The summed E-state index contributed by atoms with van der Waals surface area (Å²) < 4.78 is 0. The van der Waals surface area contributed by atoms with Gasteiger partial charge in [0.2, 0.25) is 5.95 Å². The lowest BCUT2D eigenvalue weighted by molar-refractivity contribution is -0.140. The molecule has 1 saturated heterocycles. The molecule has 0 saturated carbocycles. The van der Waals surface area contributed by atoms with Crippen LogP contribution in [0.3, 0.4) is 0 Å². The van der Waals surface area contributed by atoms with Crippen LogP contribution in [0.4, 0.5) is 5.95 Å². The number of nitrogens with zero attached hydrogens (tertiary/aromatic N) is 3.